The molecule has 0 aliphatic rings. The largest absolute Gasteiger partial charge is 0.363 e. The van der Waals surface area contributed by atoms with Crippen molar-refractivity contribution in [3.63, 3.8) is 0 Å². The highest BCUT2D eigenvalue weighted by Gasteiger charge is 2.01. The van der Waals surface area contributed by atoms with Crippen LogP contribution in [0.3, 0.4) is 0 Å². The van der Waals surface area contributed by atoms with Crippen molar-refractivity contribution in [2.45, 2.75) is 13.3 Å². The van der Waals surface area contributed by atoms with E-state index in [0.717, 1.165) is 0 Å². The number of alkyl halides is 2. The molecule has 0 unspecified atom stereocenters. The second kappa shape index (κ2) is 5.34. The molecule has 0 bridgehead atoms. The molecule has 0 amide bonds. The molecule has 0 heterocycles. The third-order valence-corrected chi connectivity index (χ3v) is 1.04. The Kier molecular flexibility index (Phi) is 5.10. The quantitative estimate of drug-likeness (QED) is 0.608. The first-order valence-electron chi connectivity index (χ1n) is 2.96. The van der Waals surface area contributed by atoms with Crippen LogP contribution in [-0.2, 0) is 0 Å². The molecule has 0 saturated heterocycles. The van der Waals surface area contributed by atoms with Crippen molar-refractivity contribution in [3.05, 3.63) is 0 Å². The van der Waals surface area contributed by atoms with Crippen LogP contribution in [0.1, 0.15) is 6.92 Å². The minimum Gasteiger partial charge on any atom is -0.363 e. The summed E-state index contributed by atoms with van der Waals surface area (Å²) in [4.78, 5) is 0. The van der Waals surface area contributed by atoms with Gasteiger partial charge in [0, 0.05) is 6.54 Å². The fraction of sp³-hybridized carbons (Fsp3) is 0.800. The fourth-order valence-electron chi connectivity index (χ4n) is 0.393. The summed E-state index contributed by atoms with van der Waals surface area (Å²) in [5.41, 5.74) is 0. The highest BCUT2D eigenvalue weighted by Crippen LogP contribution is 1.86. The Labute approximate surface area is 64.0 Å². The lowest BCUT2D eigenvalue weighted by molar-refractivity contribution is 0.152. The monoisotopic (exact) mass is 168 g/mol. The Bertz CT molecular complexity index is 108. The van der Waals surface area contributed by atoms with Crippen LogP contribution in [-0.4, -0.2) is 24.6 Å². The molecule has 0 aromatic heterocycles. The maximum absolute atomic E-state index is 11.5. The van der Waals surface area contributed by atoms with E-state index in [1.54, 1.807) is 0 Å². The Morgan fingerprint density at radius 2 is 2.10 bits per heavy atom. The van der Waals surface area contributed by atoms with Gasteiger partial charge in [0.1, 0.15) is 0 Å². The summed E-state index contributed by atoms with van der Waals surface area (Å²) in [7, 11) is 0. The lowest BCUT2D eigenvalue weighted by atomic mass is 10.6. The second-order valence-electron chi connectivity index (χ2n) is 1.63. The zero-order valence-corrected chi connectivity index (χ0v) is 6.47. The summed E-state index contributed by atoms with van der Waals surface area (Å²) in [5, 5.41) is 5.32. The zero-order chi connectivity index (χ0) is 7.98. The molecule has 2 nitrogen and oxygen atoms in total. The highest BCUT2D eigenvalue weighted by molar-refractivity contribution is 7.80. The lowest BCUT2D eigenvalue weighted by Gasteiger charge is -2.06. The SMILES string of the molecule is CCNC(=S)NCC(F)F. The maximum Gasteiger partial charge on any atom is 0.255 e. The van der Waals surface area contributed by atoms with Gasteiger partial charge in [-0.3, -0.25) is 0 Å². The van der Waals surface area contributed by atoms with Crippen molar-refractivity contribution in [1.82, 2.24) is 10.6 Å². The summed E-state index contributed by atoms with van der Waals surface area (Å²) in [6.07, 6.45) is -2.35. The summed E-state index contributed by atoms with van der Waals surface area (Å²) in [6, 6.07) is 0. The van der Waals surface area contributed by atoms with E-state index in [0.29, 0.717) is 6.54 Å². The van der Waals surface area contributed by atoms with E-state index in [1.807, 2.05) is 6.92 Å². The first-order chi connectivity index (χ1) is 4.66. The second-order valence-corrected chi connectivity index (χ2v) is 2.04. The van der Waals surface area contributed by atoms with Gasteiger partial charge < -0.3 is 10.6 Å². The van der Waals surface area contributed by atoms with E-state index in [-0.39, 0.29) is 11.7 Å². The van der Waals surface area contributed by atoms with Crippen LogP contribution >= 0.6 is 12.2 Å². The molecule has 0 fully saturated rings. The van der Waals surface area contributed by atoms with E-state index >= 15 is 0 Å². The minimum atomic E-state index is -2.35. The van der Waals surface area contributed by atoms with Gasteiger partial charge in [0.2, 0.25) is 0 Å². The summed E-state index contributed by atoms with van der Waals surface area (Å²) < 4.78 is 23.0. The molecule has 0 aliphatic heterocycles. The van der Waals surface area contributed by atoms with Gasteiger partial charge in [-0.1, -0.05) is 0 Å². The standard InChI is InChI=1S/C5H10F2N2S/c1-2-8-5(10)9-3-4(6)7/h4H,2-3H2,1H3,(H2,8,9,10). The van der Waals surface area contributed by atoms with E-state index < -0.39 is 6.43 Å². The Hall–Kier alpha value is -0.450. The van der Waals surface area contributed by atoms with Crippen LogP contribution in [0.2, 0.25) is 0 Å². The number of hydrogen-bond donors (Lipinski definition) is 2. The molecule has 5 heteroatoms. The molecule has 0 rings (SSSR count). The lowest BCUT2D eigenvalue weighted by Crippen LogP contribution is -2.37. The third-order valence-electron chi connectivity index (χ3n) is 0.754. The highest BCUT2D eigenvalue weighted by atomic mass is 32.1. The van der Waals surface area contributed by atoms with Crippen LogP contribution in [0.5, 0.6) is 0 Å². The minimum absolute atomic E-state index is 0.280. The van der Waals surface area contributed by atoms with Gasteiger partial charge in [-0.2, -0.15) is 0 Å². The van der Waals surface area contributed by atoms with E-state index in [1.165, 1.54) is 0 Å². The van der Waals surface area contributed by atoms with Gasteiger partial charge in [-0.05, 0) is 19.1 Å². The first-order valence-corrected chi connectivity index (χ1v) is 3.37. The van der Waals surface area contributed by atoms with Gasteiger partial charge in [-0.25, -0.2) is 8.78 Å². The van der Waals surface area contributed by atoms with Crippen molar-refractivity contribution < 1.29 is 8.78 Å². The Balaban J connectivity index is 3.22. The molecule has 10 heavy (non-hydrogen) atoms. The number of thiocarbonyl (C=S) groups is 1. The number of nitrogens with one attached hydrogen (secondary N) is 2. The third kappa shape index (κ3) is 5.68. The van der Waals surface area contributed by atoms with Crippen molar-refractivity contribution in [2.75, 3.05) is 13.1 Å². The predicted molar refractivity (Wildman–Crippen MR) is 40.3 cm³/mol. The van der Waals surface area contributed by atoms with Gasteiger partial charge >= 0.3 is 0 Å². The molecule has 0 saturated carbocycles. The smallest absolute Gasteiger partial charge is 0.255 e. The van der Waals surface area contributed by atoms with Crippen molar-refractivity contribution in [2.24, 2.45) is 0 Å². The Morgan fingerprint density at radius 3 is 2.50 bits per heavy atom. The number of halogens is 2. The number of hydrogen-bond acceptors (Lipinski definition) is 1. The van der Waals surface area contributed by atoms with Crippen LogP contribution in [0.25, 0.3) is 0 Å². The van der Waals surface area contributed by atoms with Crippen LogP contribution in [0, 0.1) is 0 Å². The predicted octanol–water partition coefficient (Wildman–Crippen LogP) is 0.736. The van der Waals surface area contributed by atoms with Crippen LogP contribution in [0.4, 0.5) is 8.78 Å². The van der Waals surface area contributed by atoms with Gasteiger partial charge in [0.05, 0.1) is 6.54 Å². The molecule has 0 aromatic carbocycles. The molecular weight excluding hydrogens is 158 g/mol. The topological polar surface area (TPSA) is 24.1 Å². The molecule has 0 aromatic rings. The van der Waals surface area contributed by atoms with Crippen molar-refractivity contribution >= 4 is 17.3 Å². The van der Waals surface area contributed by atoms with E-state index in [4.69, 9.17) is 0 Å². The zero-order valence-electron chi connectivity index (χ0n) is 5.66. The molecule has 60 valence electrons. The average Bonchev–Trinajstić information content (AvgIpc) is 1.85. The van der Waals surface area contributed by atoms with Gasteiger partial charge in [-0.15, -0.1) is 0 Å². The van der Waals surface area contributed by atoms with Crippen molar-refractivity contribution in [3.8, 4) is 0 Å². The summed E-state index contributed by atoms with van der Waals surface area (Å²) in [5.74, 6) is 0. The average molecular weight is 168 g/mol. The fourth-order valence-corrected chi connectivity index (χ4v) is 0.621. The maximum atomic E-state index is 11.5. The first kappa shape index (κ1) is 9.55. The van der Waals surface area contributed by atoms with Gasteiger partial charge in [0.25, 0.3) is 6.43 Å². The molecule has 2 N–H and O–H groups in total. The Morgan fingerprint density at radius 1 is 1.50 bits per heavy atom. The van der Waals surface area contributed by atoms with E-state index in [9.17, 15) is 8.78 Å². The summed E-state index contributed by atoms with van der Waals surface area (Å²) >= 11 is 4.62. The van der Waals surface area contributed by atoms with E-state index in [2.05, 4.69) is 22.9 Å². The van der Waals surface area contributed by atoms with Crippen LogP contribution < -0.4 is 10.6 Å². The van der Waals surface area contributed by atoms with Gasteiger partial charge in [0.15, 0.2) is 5.11 Å². The number of rotatable bonds is 3. The molecular formula is C5H10F2N2S. The van der Waals surface area contributed by atoms with Crippen molar-refractivity contribution in [1.29, 1.82) is 0 Å². The normalized spacial score (nSPS) is 9.60. The molecule has 0 atom stereocenters. The summed E-state index contributed by atoms with van der Waals surface area (Å²) in [6.45, 7) is 2.11. The van der Waals surface area contributed by atoms with Crippen LogP contribution in [0.15, 0.2) is 0 Å². The molecule has 0 aliphatic carbocycles. The molecule has 0 radical (unpaired) electrons. The molecule has 0 spiro atoms.